The van der Waals surface area contributed by atoms with Gasteiger partial charge in [-0.05, 0) is 10.4 Å². The van der Waals surface area contributed by atoms with Crippen molar-refractivity contribution in [3.8, 4) is 11.3 Å². The quantitative estimate of drug-likeness (QED) is 0.570. The van der Waals surface area contributed by atoms with Crippen molar-refractivity contribution in [1.82, 2.24) is 55.4 Å². The maximum Gasteiger partial charge on any atom is 0.183 e. The van der Waals surface area contributed by atoms with E-state index >= 15 is 0 Å². The van der Waals surface area contributed by atoms with Gasteiger partial charge in [0.2, 0.25) is 0 Å². The van der Waals surface area contributed by atoms with Crippen LogP contribution in [0.5, 0.6) is 0 Å². The van der Waals surface area contributed by atoms with Crippen LogP contribution in [0.1, 0.15) is 32.4 Å². The normalized spacial score (nSPS) is 12.2. The molecule has 0 saturated carbocycles. The third-order valence-corrected chi connectivity index (χ3v) is 3.80. The molecule has 4 rings (SSSR count). The fourth-order valence-electron chi connectivity index (χ4n) is 2.40. The number of fused-ring (bicyclic) bond motifs is 1. The van der Waals surface area contributed by atoms with Gasteiger partial charge in [-0.2, -0.15) is 5.10 Å². The Balaban J connectivity index is 1.92. The van der Waals surface area contributed by atoms with Crippen molar-refractivity contribution in [1.29, 1.82) is 0 Å². The highest BCUT2D eigenvalue weighted by Crippen LogP contribution is 2.27. The molecule has 1 N–H and O–H groups in total. The Morgan fingerprint density at radius 2 is 1.96 bits per heavy atom. The highest BCUT2D eigenvalue weighted by Gasteiger charge is 2.24. The Bertz CT molecular complexity index is 1020. The lowest BCUT2D eigenvalue weighted by Crippen LogP contribution is -2.17. The van der Waals surface area contributed by atoms with Gasteiger partial charge in [0.15, 0.2) is 17.0 Å². The van der Waals surface area contributed by atoms with Crippen LogP contribution >= 0.6 is 0 Å². The first-order chi connectivity index (χ1) is 11.9. The van der Waals surface area contributed by atoms with Gasteiger partial charge in [0.25, 0.3) is 0 Å². The summed E-state index contributed by atoms with van der Waals surface area (Å²) in [5.41, 5.74) is 2.56. The Kier molecular flexibility index (Phi) is 3.30. The molecule has 0 aliphatic heterocycles. The molecule has 0 radical (unpaired) electrons. The van der Waals surface area contributed by atoms with Crippen LogP contribution in [0.15, 0.2) is 12.4 Å². The van der Waals surface area contributed by atoms with E-state index < -0.39 is 0 Å². The highest BCUT2D eigenvalue weighted by atomic mass is 15.5. The molecule has 0 aliphatic rings. The molecule has 4 aromatic heterocycles. The molecule has 11 heteroatoms. The number of nitrogens with one attached hydrogen (secondary N) is 1. The summed E-state index contributed by atoms with van der Waals surface area (Å²) in [5.74, 6) is 1.36. The van der Waals surface area contributed by atoms with E-state index in [4.69, 9.17) is 9.97 Å². The van der Waals surface area contributed by atoms with Gasteiger partial charge < -0.3 is 0 Å². The molecule has 0 unspecified atom stereocenters. The summed E-state index contributed by atoms with van der Waals surface area (Å²) in [6.07, 6.45) is 3.49. The summed E-state index contributed by atoms with van der Waals surface area (Å²) >= 11 is 0. The minimum absolute atomic E-state index is 0.228. The number of hydrogen-bond donors (Lipinski definition) is 1. The molecule has 4 aromatic rings. The zero-order valence-corrected chi connectivity index (χ0v) is 14.3. The van der Waals surface area contributed by atoms with Crippen molar-refractivity contribution < 1.29 is 0 Å². The smallest absolute Gasteiger partial charge is 0.183 e. The number of aromatic amines is 1. The molecule has 0 amide bonds. The Labute approximate surface area is 142 Å². The van der Waals surface area contributed by atoms with Crippen LogP contribution in [0.4, 0.5) is 0 Å². The number of aryl methyl sites for hydroxylation is 1. The van der Waals surface area contributed by atoms with Crippen LogP contribution in [0.3, 0.4) is 0 Å². The summed E-state index contributed by atoms with van der Waals surface area (Å²) in [6.45, 7) is 6.56. The Morgan fingerprint density at radius 3 is 2.60 bits per heavy atom. The molecule has 25 heavy (non-hydrogen) atoms. The van der Waals surface area contributed by atoms with Crippen LogP contribution in [-0.4, -0.2) is 55.4 Å². The highest BCUT2D eigenvalue weighted by molar-refractivity contribution is 5.86. The molecule has 0 aromatic carbocycles. The van der Waals surface area contributed by atoms with E-state index in [-0.39, 0.29) is 5.41 Å². The first-order valence-electron chi connectivity index (χ1n) is 7.75. The van der Waals surface area contributed by atoms with Crippen molar-refractivity contribution in [2.24, 2.45) is 7.05 Å². The topological polar surface area (TPSA) is 129 Å². The molecule has 0 saturated heterocycles. The SMILES string of the molecule is Cn1nnnc1Cn1nnc2c(-c3cn[nH]c3)nc(C(C)(C)C)nc21. The van der Waals surface area contributed by atoms with Gasteiger partial charge in [0.1, 0.15) is 18.1 Å². The fraction of sp³-hybridized carbons (Fsp3) is 0.429. The second-order valence-electron chi connectivity index (χ2n) is 6.77. The van der Waals surface area contributed by atoms with E-state index in [0.717, 1.165) is 5.56 Å². The minimum Gasteiger partial charge on any atom is -0.285 e. The molecular weight excluding hydrogens is 322 g/mol. The third kappa shape index (κ3) is 2.62. The van der Waals surface area contributed by atoms with Crippen molar-refractivity contribution in [3.63, 3.8) is 0 Å². The van der Waals surface area contributed by atoms with Gasteiger partial charge in [-0.1, -0.05) is 26.0 Å². The Hall–Kier alpha value is -3.24. The van der Waals surface area contributed by atoms with Crippen molar-refractivity contribution >= 4 is 11.2 Å². The summed E-state index contributed by atoms with van der Waals surface area (Å²) < 4.78 is 3.28. The molecule has 4 heterocycles. The minimum atomic E-state index is -0.228. The van der Waals surface area contributed by atoms with E-state index in [0.29, 0.717) is 35.1 Å². The molecule has 128 valence electrons. The van der Waals surface area contributed by atoms with Crippen molar-refractivity contribution in [2.45, 2.75) is 32.7 Å². The van der Waals surface area contributed by atoms with Crippen LogP contribution in [0.2, 0.25) is 0 Å². The molecule has 0 bridgehead atoms. The van der Waals surface area contributed by atoms with Gasteiger partial charge in [-0.3, -0.25) is 5.10 Å². The predicted molar refractivity (Wildman–Crippen MR) is 87.3 cm³/mol. The summed E-state index contributed by atoms with van der Waals surface area (Å²) in [4.78, 5) is 9.42. The maximum atomic E-state index is 4.71. The van der Waals surface area contributed by atoms with E-state index in [1.54, 1.807) is 28.8 Å². The second-order valence-corrected chi connectivity index (χ2v) is 6.77. The lowest BCUT2D eigenvalue weighted by molar-refractivity contribution is 0.544. The summed E-state index contributed by atoms with van der Waals surface area (Å²) in [5, 5.41) is 26.8. The zero-order chi connectivity index (χ0) is 17.6. The monoisotopic (exact) mass is 339 g/mol. The number of aromatic nitrogens is 11. The van der Waals surface area contributed by atoms with Gasteiger partial charge in [0.05, 0.1) is 6.20 Å². The average molecular weight is 339 g/mol. The maximum absolute atomic E-state index is 4.71. The van der Waals surface area contributed by atoms with Crippen LogP contribution in [-0.2, 0) is 19.0 Å². The molecule has 0 spiro atoms. The summed E-state index contributed by atoms with van der Waals surface area (Å²) in [7, 11) is 1.78. The molecule has 0 aliphatic carbocycles. The first-order valence-corrected chi connectivity index (χ1v) is 7.75. The molecule has 0 fully saturated rings. The number of H-pyrrole nitrogens is 1. The molecular formula is C14H17N11. The molecule has 0 atom stereocenters. The van der Waals surface area contributed by atoms with Crippen LogP contribution < -0.4 is 0 Å². The zero-order valence-electron chi connectivity index (χ0n) is 14.3. The number of tetrazole rings is 1. The van der Waals surface area contributed by atoms with Gasteiger partial charge in [0, 0.05) is 24.2 Å². The van der Waals surface area contributed by atoms with Crippen molar-refractivity contribution in [2.75, 3.05) is 0 Å². The number of rotatable bonds is 3. The predicted octanol–water partition coefficient (Wildman–Crippen LogP) is 0.481. The largest absolute Gasteiger partial charge is 0.285 e. The van der Waals surface area contributed by atoms with Crippen LogP contribution in [0.25, 0.3) is 22.4 Å². The molecule has 11 nitrogen and oxygen atoms in total. The van der Waals surface area contributed by atoms with Gasteiger partial charge in [-0.25, -0.2) is 19.3 Å². The Morgan fingerprint density at radius 1 is 1.12 bits per heavy atom. The van der Waals surface area contributed by atoms with E-state index in [1.165, 1.54) is 0 Å². The fourth-order valence-corrected chi connectivity index (χ4v) is 2.40. The lowest BCUT2D eigenvalue weighted by atomic mass is 9.95. The van der Waals surface area contributed by atoms with Crippen LogP contribution in [0, 0.1) is 0 Å². The van der Waals surface area contributed by atoms with E-state index in [9.17, 15) is 0 Å². The van der Waals surface area contributed by atoms with Gasteiger partial charge in [-0.15, -0.1) is 10.2 Å². The number of nitrogens with zero attached hydrogens (tertiary/aromatic N) is 10. The van der Waals surface area contributed by atoms with E-state index in [1.807, 2.05) is 0 Å². The van der Waals surface area contributed by atoms with Crippen molar-refractivity contribution in [3.05, 3.63) is 24.0 Å². The van der Waals surface area contributed by atoms with Gasteiger partial charge >= 0.3 is 0 Å². The van der Waals surface area contributed by atoms with E-state index in [2.05, 4.69) is 56.8 Å². The second kappa shape index (κ2) is 5.40. The standard InChI is InChI=1S/C14H17N11/c1-14(2,3)13-17-10(8-5-15-16-6-8)11-12(18-13)25(22-20-11)7-9-19-21-23-24(9)4/h5-6H,7H2,1-4H3,(H,15,16). The average Bonchev–Trinajstić information content (AvgIpc) is 3.29. The summed E-state index contributed by atoms with van der Waals surface area (Å²) in [6, 6.07) is 0. The lowest BCUT2D eigenvalue weighted by Gasteiger charge is -2.17. The third-order valence-electron chi connectivity index (χ3n) is 3.80. The number of hydrogen-bond acceptors (Lipinski definition) is 8. The first kappa shape index (κ1) is 15.3.